The summed E-state index contributed by atoms with van der Waals surface area (Å²) in [5.74, 6) is -0.752. The zero-order valence-corrected chi connectivity index (χ0v) is 12.9. The predicted molar refractivity (Wildman–Crippen MR) is 78.4 cm³/mol. The van der Waals surface area contributed by atoms with E-state index in [1.54, 1.807) is 6.92 Å². The molecule has 1 aliphatic rings. The third-order valence-corrected chi connectivity index (χ3v) is 4.24. The first-order valence-corrected chi connectivity index (χ1v) is 7.56. The van der Waals surface area contributed by atoms with E-state index in [2.05, 4.69) is 17.3 Å². The van der Waals surface area contributed by atoms with E-state index in [0.717, 1.165) is 6.54 Å². The number of rotatable bonds is 7. The zero-order chi connectivity index (χ0) is 14.5. The number of carboxylic acid groups (broad SMARTS) is 1. The molecule has 1 saturated carbocycles. The largest absolute Gasteiger partial charge is 0.480 e. The molecule has 1 atom stereocenters. The van der Waals surface area contributed by atoms with Crippen molar-refractivity contribution < 1.29 is 9.90 Å². The molecule has 0 aliphatic heterocycles. The van der Waals surface area contributed by atoms with E-state index < -0.39 is 11.5 Å². The van der Waals surface area contributed by atoms with Crippen LogP contribution in [0.25, 0.3) is 0 Å². The Labute approximate surface area is 117 Å². The normalized spacial score (nSPS) is 20.7. The van der Waals surface area contributed by atoms with Gasteiger partial charge in [-0.15, -0.1) is 0 Å². The van der Waals surface area contributed by atoms with Crippen molar-refractivity contribution >= 4 is 5.97 Å². The molecule has 112 valence electrons. The SMILES string of the molecule is CC(C)NC(C)(CCN(C)C1CCCCC1)C(=O)O. The van der Waals surface area contributed by atoms with Crippen LogP contribution in [0, 0.1) is 0 Å². The molecular formula is C15H30N2O2. The molecule has 4 heteroatoms. The lowest BCUT2D eigenvalue weighted by molar-refractivity contribution is -0.145. The first-order chi connectivity index (χ1) is 8.85. The Bertz CT molecular complexity index is 288. The molecule has 0 heterocycles. The minimum absolute atomic E-state index is 0.182. The highest BCUT2D eigenvalue weighted by atomic mass is 16.4. The van der Waals surface area contributed by atoms with Gasteiger partial charge in [-0.3, -0.25) is 10.1 Å². The smallest absolute Gasteiger partial charge is 0.323 e. The van der Waals surface area contributed by atoms with Gasteiger partial charge in [-0.05, 0) is 47.1 Å². The number of aliphatic carboxylic acids is 1. The lowest BCUT2D eigenvalue weighted by Gasteiger charge is -2.35. The quantitative estimate of drug-likeness (QED) is 0.746. The third-order valence-electron chi connectivity index (χ3n) is 4.24. The number of nitrogens with zero attached hydrogens (tertiary/aromatic N) is 1. The van der Waals surface area contributed by atoms with E-state index in [4.69, 9.17) is 0 Å². The first kappa shape index (κ1) is 16.4. The molecule has 1 aliphatic carbocycles. The fourth-order valence-electron chi connectivity index (χ4n) is 2.98. The van der Waals surface area contributed by atoms with Crippen LogP contribution in [0.2, 0.25) is 0 Å². The van der Waals surface area contributed by atoms with Crippen molar-refractivity contribution in [3.05, 3.63) is 0 Å². The second kappa shape index (κ2) is 7.25. The number of carboxylic acids is 1. The molecule has 4 nitrogen and oxygen atoms in total. The molecule has 0 aromatic rings. The van der Waals surface area contributed by atoms with Crippen LogP contribution in [0.1, 0.15) is 59.3 Å². The summed E-state index contributed by atoms with van der Waals surface area (Å²) >= 11 is 0. The maximum absolute atomic E-state index is 11.5. The summed E-state index contributed by atoms with van der Waals surface area (Å²) in [5, 5.41) is 12.6. The van der Waals surface area contributed by atoms with Crippen LogP contribution in [0.3, 0.4) is 0 Å². The first-order valence-electron chi connectivity index (χ1n) is 7.56. The van der Waals surface area contributed by atoms with Crippen molar-refractivity contribution in [3.63, 3.8) is 0 Å². The molecule has 19 heavy (non-hydrogen) atoms. The fraction of sp³-hybridized carbons (Fsp3) is 0.933. The molecule has 1 fully saturated rings. The molecule has 0 aromatic heterocycles. The van der Waals surface area contributed by atoms with Gasteiger partial charge in [0.2, 0.25) is 0 Å². The van der Waals surface area contributed by atoms with Crippen molar-refractivity contribution in [2.24, 2.45) is 0 Å². The molecular weight excluding hydrogens is 240 g/mol. The van der Waals surface area contributed by atoms with Crippen LogP contribution in [0.4, 0.5) is 0 Å². The third kappa shape index (κ3) is 5.11. The van der Waals surface area contributed by atoms with Gasteiger partial charge in [0.15, 0.2) is 0 Å². The Kier molecular flexibility index (Phi) is 6.27. The van der Waals surface area contributed by atoms with Gasteiger partial charge in [0, 0.05) is 18.6 Å². The Morgan fingerprint density at radius 1 is 1.37 bits per heavy atom. The van der Waals surface area contributed by atoms with Gasteiger partial charge in [0.25, 0.3) is 0 Å². The van der Waals surface area contributed by atoms with Gasteiger partial charge in [-0.2, -0.15) is 0 Å². The lowest BCUT2D eigenvalue weighted by Crippen LogP contribution is -2.54. The highest BCUT2D eigenvalue weighted by Gasteiger charge is 2.34. The monoisotopic (exact) mass is 270 g/mol. The van der Waals surface area contributed by atoms with E-state index in [-0.39, 0.29) is 6.04 Å². The highest BCUT2D eigenvalue weighted by Crippen LogP contribution is 2.22. The molecule has 0 bridgehead atoms. The van der Waals surface area contributed by atoms with Crippen LogP contribution in [-0.2, 0) is 4.79 Å². The minimum Gasteiger partial charge on any atom is -0.480 e. The van der Waals surface area contributed by atoms with Crippen LogP contribution < -0.4 is 5.32 Å². The van der Waals surface area contributed by atoms with Gasteiger partial charge in [0.1, 0.15) is 5.54 Å². The lowest BCUT2D eigenvalue weighted by atomic mass is 9.92. The van der Waals surface area contributed by atoms with E-state index in [9.17, 15) is 9.90 Å². The van der Waals surface area contributed by atoms with Gasteiger partial charge in [-0.25, -0.2) is 0 Å². The number of nitrogens with one attached hydrogen (secondary N) is 1. The molecule has 2 N–H and O–H groups in total. The van der Waals surface area contributed by atoms with Crippen molar-refractivity contribution in [3.8, 4) is 0 Å². The minimum atomic E-state index is -0.822. The van der Waals surface area contributed by atoms with Crippen LogP contribution in [0.15, 0.2) is 0 Å². The van der Waals surface area contributed by atoms with Crippen molar-refractivity contribution in [2.45, 2.75) is 76.9 Å². The fourth-order valence-corrected chi connectivity index (χ4v) is 2.98. The maximum atomic E-state index is 11.5. The Morgan fingerprint density at radius 3 is 2.42 bits per heavy atom. The summed E-state index contributed by atoms with van der Waals surface area (Å²) < 4.78 is 0. The average molecular weight is 270 g/mol. The second-order valence-electron chi connectivity index (χ2n) is 6.46. The number of hydrogen-bond acceptors (Lipinski definition) is 3. The van der Waals surface area contributed by atoms with E-state index >= 15 is 0 Å². The van der Waals surface area contributed by atoms with Crippen LogP contribution >= 0.6 is 0 Å². The van der Waals surface area contributed by atoms with Gasteiger partial charge in [-0.1, -0.05) is 19.3 Å². The van der Waals surface area contributed by atoms with Crippen LogP contribution in [-0.4, -0.2) is 47.2 Å². The molecule has 1 rings (SSSR count). The van der Waals surface area contributed by atoms with Crippen molar-refractivity contribution in [2.75, 3.05) is 13.6 Å². The van der Waals surface area contributed by atoms with E-state index in [1.165, 1.54) is 32.1 Å². The Morgan fingerprint density at radius 2 is 1.95 bits per heavy atom. The molecule has 1 unspecified atom stereocenters. The summed E-state index contributed by atoms with van der Waals surface area (Å²) in [6.07, 6.45) is 7.15. The molecule has 0 saturated heterocycles. The Hall–Kier alpha value is -0.610. The van der Waals surface area contributed by atoms with Crippen LogP contribution in [0.5, 0.6) is 0 Å². The highest BCUT2D eigenvalue weighted by molar-refractivity contribution is 5.78. The molecule has 0 amide bonds. The van der Waals surface area contributed by atoms with Crippen molar-refractivity contribution in [1.29, 1.82) is 0 Å². The van der Waals surface area contributed by atoms with E-state index in [1.807, 2.05) is 13.8 Å². The summed E-state index contributed by atoms with van der Waals surface area (Å²) in [6.45, 7) is 6.62. The van der Waals surface area contributed by atoms with E-state index in [0.29, 0.717) is 12.5 Å². The van der Waals surface area contributed by atoms with Gasteiger partial charge < -0.3 is 10.0 Å². The summed E-state index contributed by atoms with van der Waals surface area (Å²) in [4.78, 5) is 13.8. The Balaban J connectivity index is 2.48. The molecule has 0 radical (unpaired) electrons. The molecule has 0 aromatic carbocycles. The van der Waals surface area contributed by atoms with Gasteiger partial charge in [0.05, 0.1) is 0 Å². The zero-order valence-electron chi connectivity index (χ0n) is 12.9. The number of hydrogen-bond donors (Lipinski definition) is 2. The second-order valence-corrected chi connectivity index (χ2v) is 6.46. The van der Waals surface area contributed by atoms with Crippen molar-refractivity contribution in [1.82, 2.24) is 10.2 Å². The maximum Gasteiger partial charge on any atom is 0.323 e. The topological polar surface area (TPSA) is 52.6 Å². The molecule has 0 spiro atoms. The average Bonchev–Trinajstić information content (AvgIpc) is 2.36. The predicted octanol–water partition coefficient (Wildman–Crippen LogP) is 2.48. The van der Waals surface area contributed by atoms with Gasteiger partial charge >= 0.3 is 5.97 Å². The summed E-state index contributed by atoms with van der Waals surface area (Å²) in [7, 11) is 2.13. The standard InChI is InChI=1S/C15H30N2O2/c1-12(2)16-15(3,14(18)19)10-11-17(4)13-8-6-5-7-9-13/h12-13,16H,5-11H2,1-4H3,(H,18,19). The summed E-state index contributed by atoms with van der Waals surface area (Å²) in [6, 6.07) is 0.826. The number of carbonyl (C=O) groups is 1. The summed E-state index contributed by atoms with van der Waals surface area (Å²) in [5.41, 5.74) is -0.822.